The third kappa shape index (κ3) is 3.65. The second kappa shape index (κ2) is 7.31. The molecule has 1 N–H and O–H groups in total. The average Bonchev–Trinajstić information content (AvgIpc) is 2.63. The second-order valence-electron chi connectivity index (χ2n) is 5.85. The maximum atomic E-state index is 12.5. The van der Waals surface area contributed by atoms with Crippen LogP contribution in [0.1, 0.15) is 10.5 Å². The van der Waals surface area contributed by atoms with Crippen molar-refractivity contribution in [3.63, 3.8) is 0 Å². The van der Waals surface area contributed by atoms with Gasteiger partial charge in [0.15, 0.2) is 0 Å². The first kappa shape index (κ1) is 16.3. The van der Waals surface area contributed by atoms with Gasteiger partial charge in [-0.05, 0) is 31.3 Å². The van der Waals surface area contributed by atoms with Gasteiger partial charge < -0.3 is 19.9 Å². The Kier molecular flexibility index (Phi) is 4.96. The summed E-state index contributed by atoms with van der Waals surface area (Å²) in [5.41, 5.74) is 2.15. The number of carbonyl (C=O) groups is 1. The molecule has 0 aliphatic carbocycles. The number of nitrogens with one attached hydrogen (secondary N) is 1. The molecule has 6 nitrogen and oxygen atoms in total. The van der Waals surface area contributed by atoms with E-state index in [9.17, 15) is 4.79 Å². The topological polar surface area (TPSA) is 57.7 Å². The molecule has 0 bridgehead atoms. The van der Waals surface area contributed by atoms with Crippen LogP contribution in [0.3, 0.4) is 0 Å². The lowest BCUT2D eigenvalue weighted by Gasteiger charge is -2.32. The normalized spacial score (nSPS) is 15.2. The van der Waals surface area contributed by atoms with Crippen LogP contribution < -0.4 is 10.1 Å². The average molecular weight is 326 g/mol. The molecule has 2 aromatic rings. The van der Waals surface area contributed by atoms with Crippen molar-refractivity contribution in [2.24, 2.45) is 0 Å². The first-order chi connectivity index (χ1) is 11.7. The van der Waals surface area contributed by atoms with Gasteiger partial charge >= 0.3 is 0 Å². The van der Waals surface area contributed by atoms with Crippen LogP contribution >= 0.6 is 0 Å². The number of pyridine rings is 1. The molecule has 126 valence electrons. The van der Waals surface area contributed by atoms with Gasteiger partial charge in [-0.2, -0.15) is 0 Å². The maximum absolute atomic E-state index is 12.5. The third-order valence-corrected chi connectivity index (χ3v) is 4.16. The van der Waals surface area contributed by atoms with E-state index in [1.807, 2.05) is 35.2 Å². The van der Waals surface area contributed by atoms with E-state index in [-0.39, 0.29) is 5.91 Å². The van der Waals surface area contributed by atoms with Crippen LogP contribution in [-0.4, -0.2) is 61.0 Å². The Balaban J connectivity index is 1.68. The molecule has 1 fully saturated rings. The van der Waals surface area contributed by atoms with Crippen LogP contribution in [-0.2, 0) is 0 Å². The van der Waals surface area contributed by atoms with E-state index in [1.165, 1.54) is 0 Å². The predicted molar refractivity (Wildman–Crippen MR) is 93.9 cm³/mol. The minimum atomic E-state index is -0.00746. The fraction of sp³-hybridized carbons (Fsp3) is 0.333. The molecule has 0 spiro atoms. The Hall–Kier alpha value is -2.60. The Bertz CT molecular complexity index is 694. The standard InChI is InChI=1S/C18H22N4O2/c1-21-9-11-22(12-10-21)18(23)16-8-7-14(13-19-16)20-15-5-3-4-6-17(15)24-2/h3-8,13,20H,9-12H2,1-2H3. The Morgan fingerprint density at radius 1 is 1.12 bits per heavy atom. The first-order valence-corrected chi connectivity index (χ1v) is 8.01. The highest BCUT2D eigenvalue weighted by Crippen LogP contribution is 2.26. The predicted octanol–water partition coefficient (Wildman–Crippen LogP) is 2.22. The Labute approximate surface area is 142 Å². The first-order valence-electron chi connectivity index (χ1n) is 8.01. The molecular formula is C18H22N4O2. The number of anilines is 2. The van der Waals surface area contributed by atoms with Crippen LogP contribution in [0.25, 0.3) is 0 Å². The van der Waals surface area contributed by atoms with E-state index in [2.05, 4.69) is 22.2 Å². The number of nitrogens with zero attached hydrogens (tertiary/aromatic N) is 3. The quantitative estimate of drug-likeness (QED) is 0.934. The molecule has 0 atom stereocenters. The smallest absolute Gasteiger partial charge is 0.272 e. The Morgan fingerprint density at radius 3 is 2.54 bits per heavy atom. The van der Waals surface area contributed by atoms with Crippen molar-refractivity contribution >= 4 is 17.3 Å². The number of aromatic nitrogens is 1. The lowest BCUT2D eigenvalue weighted by Crippen LogP contribution is -2.47. The summed E-state index contributed by atoms with van der Waals surface area (Å²) in [5.74, 6) is 0.752. The lowest BCUT2D eigenvalue weighted by molar-refractivity contribution is 0.0658. The summed E-state index contributed by atoms with van der Waals surface area (Å²) in [5, 5.41) is 3.26. The van der Waals surface area contributed by atoms with Crippen molar-refractivity contribution in [3.8, 4) is 5.75 Å². The van der Waals surface area contributed by atoms with Gasteiger partial charge in [-0.3, -0.25) is 4.79 Å². The minimum Gasteiger partial charge on any atom is -0.495 e. The molecule has 3 rings (SSSR count). The monoisotopic (exact) mass is 326 g/mol. The number of ether oxygens (including phenoxy) is 1. The number of rotatable bonds is 4. The summed E-state index contributed by atoms with van der Waals surface area (Å²) in [6.07, 6.45) is 1.68. The zero-order valence-corrected chi connectivity index (χ0v) is 14.0. The molecule has 6 heteroatoms. The summed E-state index contributed by atoms with van der Waals surface area (Å²) in [4.78, 5) is 20.9. The number of carbonyl (C=O) groups excluding carboxylic acids is 1. The van der Waals surface area contributed by atoms with Gasteiger partial charge in [-0.15, -0.1) is 0 Å². The SMILES string of the molecule is COc1ccccc1Nc1ccc(C(=O)N2CCN(C)CC2)nc1. The third-order valence-electron chi connectivity index (χ3n) is 4.16. The molecule has 0 radical (unpaired) electrons. The molecule has 1 saturated heterocycles. The van der Waals surface area contributed by atoms with E-state index in [1.54, 1.807) is 19.4 Å². The van der Waals surface area contributed by atoms with Gasteiger partial charge in [0, 0.05) is 26.2 Å². The summed E-state index contributed by atoms with van der Waals surface area (Å²) < 4.78 is 5.32. The maximum Gasteiger partial charge on any atom is 0.272 e. The second-order valence-corrected chi connectivity index (χ2v) is 5.85. The van der Waals surface area contributed by atoms with E-state index < -0.39 is 0 Å². The number of amides is 1. The molecule has 1 amide bonds. The molecule has 1 aromatic heterocycles. The molecule has 1 aliphatic rings. The van der Waals surface area contributed by atoms with Crippen molar-refractivity contribution in [3.05, 3.63) is 48.3 Å². The van der Waals surface area contributed by atoms with Gasteiger partial charge in [0.1, 0.15) is 11.4 Å². The summed E-state index contributed by atoms with van der Waals surface area (Å²) in [6, 6.07) is 11.3. The van der Waals surface area contributed by atoms with E-state index in [4.69, 9.17) is 4.74 Å². The van der Waals surface area contributed by atoms with Crippen molar-refractivity contribution in [1.29, 1.82) is 0 Å². The van der Waals surface area contributed by atoms with Crippen LogP contribution in [0, 0.1) is 0 Å². The number of piperazine rings is 1. The molecular weight excluding hydrogens is 304 g/mol. The van der Waals surface area contributed by atoms with Gasteiger partial charge in [-0.1, -0.05) is 12.1 Å². The summed E-state index contributed by atoms with van der Waals surface area (Å²) >= 11 is 0. The molecule has 24 heavy (non-hydrogen) atoms. The molecule has 0 unspecified atom stereocenters. The van der Waals surface area contributed by atoms with E-state index >= 15 is 0 Å². The molecule has 1 aliphatic heterocycles. The number of hydrogen-bond donors (Lipinski definition) is 1. The van der Waals surface area contributed by atoms with Gasteiger partial charge in [0.05, 0.1) is 24.7 Å². The van der Waals surface area contributed by atoms with Gasteiger partial charge in [-0.25, -0.2) is 4.98 Å². The fourth-order valence-corrected chi connectivity index (χ4v) is 2.67. The molecule has 2 heterocycles. The van der Waals surface area contributed by atoms with Crippen LogP contribution in [0.5, 0.6) is 5.75 Å². The molecule has 0 saturated carbocycles. The largest absolute Gasteiger partial charge is 0.495 e. The number of methoxy groups -OCH3 is 1. The minimum absolute atomic E-state index is 0.00746. The van der Waals surface area contributed by atoms with Crippen LogP contribution in [0.15, 0.2) is 42.6 Å². The van der Waals surface area contributed by atoms with Crippen molar-refractivity contribution in [1.82, 2.24) is 14.8 Å². The highest BCUT2D eigenvalue weighted by Gasteiger charge is 2.21. The van der Waals surface area contributed by atoms with Gasteiger partial charge in [0.2, 0.25) is 0 Å². The highest BCUT2D eigenvalue weighted by molar-refractivity contribution is 5.92. The lowest BCUT2D eigenvalue weighted by atomic mass is 10.2. The highest BCUT2D eigenvalue weighted by atomic mass is 16.5. The van der Waals surface area contributed by atoms with Gasteiger partial charge in [0.25, 0.3) is 5.91 Å². The summed E-state index contributed by atoms with van der Waals surface area (Å²) in [7, 11) is 3.70. The van der Waals surface area contributed by atoms with Crippen molar-refractivity contribution in [2.75, 3.05) is 45.7 Å². The number of likely N-dealkylation sites (N-methyl/N-ethyl adjacent to an activating group) is 1. The number of para-hydroxylation sites is 2. The fourth-order valence-electron chi connectivity index (χ4n) is 2.67. The van der Waals surface area contributed by atoms with Crippen LogP contribution in [0.4, 0.5) is 11.4 Å². The van der Waals surface area contributed by atoms with Crippen LogP contribution in [0.2, 0.25) is 0 Å². The molecule has 1 aromatic carbocycles. The van der Waals surface area contributed by atoms with Crippen molar-refractivity contribution < 1.29 is 9.53 Å². The van der Waals surface area contributed by atoms with E-state index in [0.717, 1.165) is 43.3 Å². The Morgan fingerprint density at radius 2 is 1.88 bits per heavy atom. The van der Waals surface area contributed by atoms with Crippen molar-refractivity contribution in [2.45, 2.75) is 0 Å². The zero-order chi connectivity index (χ0) is 16.9. The number of benzene rings is 1. The number of hydrogen-bond acceptors (Lipinski definition) is 5. The summed E-state index contributed by atoms with van der Waals surface area (Å²) in [6.45, 7) is 3.30. The van der Waals surface area contributed by atoms with E-state index in [0.29, 0.717) is 5.69 Å². The zero-order valence-electron chi connectivity index (χ0n) is 14.0.